The Kier molecular flexibility index (Phi) is 2.85. The maximum atomic E-state index is 11.1. The summed E-state index contributed by atoms with van der Waals surface area (Å²) >= 11 is 0. The first-order valence-corrected chi connectivity index (χ1v) is 3.40. The molecule has 0 radical (unpaired) electrons. The molecule has 0 aliphatic carbocycles. The number of carbonyl (C=O) groups excluding carboxylic acids is 2. The van der Waals surface area contributed by atoms with E-state index in [2.05, 4.69) is 25.6 Å². The molecule has 7 heteroatoms. The predicted molar refractivity (Wildman–Crippen MR) is 41.6 cm³/mol. The van der Waals surface area contributed by atoms with Gasteiger partial charge in [-0.25, -0.2) is 15.2 Å². The summed E-state index contributed by atoms with van der Waals surface area (Å²) in [6.45, 7) is 0. The second-order valence-corrected chi connectivity index (χ2v) is 2.03. The van der Waals surface area contributed by atoms with Gasteiger partial charge in [-0.15, -0.1) is 0 Å². The Balaban J connectivity index is 2.39. The van der Waals surface area contributed by atoms with Crippen molar-refractivity contribution in [2.45, 2.75) is 0 Å². The lowest BCUT2D eigenvalue weighted by molar-refractivity contribution is 0.0931. The molecule has 0 aliphatic rings. The lowest BCUT2D eigenvalue weighted by atomic mass is 10.5. The number of nitrogens with one attached hydrogen (secondary N) is 3. The molecule has 1 aromatic rings. The van der Waals surface area contributed by atoms with E-state index < -0.39 is 11.9 Å². The molecular weight excluding hydrogens is 176 g/mol. The van der Waals surface area contributed by atoms with E-state index in [0.717, 1.165) is 6.39 Å². The Morgan fingerprint density at radius 3 is 2.77 bits per heavy atom. The first-order valence-electron chi connectivity index (χ1n) is 3.40. The maximum absolute atomic E-state index is 11.1. The summed E-state index contributed by atoms with van der Waals surface area (Å²) in [5.41, 5.74) is 4.30. The average Bonchev–Trinajstić information content (AvgIpc) is 2.66. The predicted octanol–water partition coefficient (Wildman–Crippen LogP) is -0.752. The third-order valence-corrected chi connectivity index (χ3v) is 1.18. The largest absolute Gasteiger partial charge is 0.451 e. The number of rotatable bonds is 1. The SMILES string of the molecule is CNC(=O)NNC(=O)c1cocn1. The van der Waals surface area contributed by atoms with Crippen LogP contribution in [0, 0.1) is 0 Å². The van der Waals surface area contributed by atoms with E-state index in [1.54, 1.807) is 0 Å². The molecule has 70 valence electrons. The van der Waals surface area contributed by atoms with Gasteiger partial charge in [0.2, 0.25) is 0 Å². The minimum absolute atomic E-state index is 0.0939. The number of hydrazine groups is 1. The summed E-state index contributed by atoms with van der Waals surface area (Å²) < 4.78 is 4.57. The summed E-state index contributed by atoms with van der Waals surface area (Å²) in [7, 11) is 1.43. The molecule has 3 amide bonds. The average molecular weight is 184 g/mol. The molecule has 0 fully saturated rings. The molecule has 1 rings (SSSR count). The van der Waals surface area contributed by atoms with Gasteiger partial charge < -0.3 is 9.73 Å². The van der Waals surface area contributed by atoms with Gasteiger partial charge in [0, 0.05) is 7.05 Å². The number of hydrogen-bond acceptors (Lipinski definition) is 4. The van der Waals surface area contributed by atoms with Crippen LogP contribution in [0.4, 0.5) is 4.79 Å². The molecule has 0 bridgehead atoms. The Bertz CT molecular complexity index is 295. The van der Waals surface area contributed by atoms with Crippen LogP contribution in [0.3, 0.4) is 0 Å². The quantitative estimate of drug-likeness (QED) is 0.500. The number of amides is 3. The fourth-order valence-corrected chi connectivity index (χ4v) is 0.565. The number of urea groups is 1. The van der Waals surface area contributed by atoms with Gasteiger partial charge in [-0.05, 0) is 0 Å². The third-order valence-electron chi connectivity index (χ3n) is 1.18. The van der Waals surface area contributed by atoms with Crippen molar-refractivity contribution in [1.82, 2.24) is 21.2 Å². The van der Waals surface area contributed by atoms with E-state index in [9.17, 15) is 9.59 Å². The lowest BCUT2D eigenvalue weighted by Crippen LogP contribution is -2.45. The van der Waals surface area contributed by atoms with Crippen LogP contribution in [0.2, 0.25) is 0 Å². The van der Waals surface area contributed by atoms with Crippen molar-refractivity contribution in [2.75, 3.05) is 7.05 Å². The van der Waals surface area contributed by atoms with E-state index in [-0.39, 0.29) is 5.69 Å². The topological polar surface area (TPSA) is 96.3 Å². The van der Waals surface area contributed by atoms with Gasteiger partial charge in [0.1, 0.15) is 6.26 Å². The van der Waals surface area contributed by atoms with Crippen molar-refractivity contribution in [3.05, 3.63) is 18.4 Å². The van der Waals surface area contributed by atoms with Gasteiger partial charge in [-0.1, -0.05) is 0 Å². The van der Waals surface area contributed by atoms with Gasteiger partial charge >= 0.3 is 6.03 Å². The highest BCUT2D eigenvalue weighted by Crippen LogP contribution is 1.91. The van der Waals surface area contributed by atoms with E-state index in [1.165, 1.54) is 13.3 Å². The van der Waals surface area contributed by atoms with Gasteiger partial charge in [-0.3, -0.25) is 10.2 Å². The van der Waals surface area contributed by atoms with Crippen molar-refractivity contribution in [2.24, 2.45) is 0 Å². The van der Waals surface area contributed by atoms with Gasteiger partial charge in [0.15, 0.2) is 12.1 Å². The van der Waals surface area contributed by atoms with Crippen molar-refractivity contribution >= 4 is 11.9 Å². The first-order chi connectivity index (χ1) is 6.24. The van der Waals surface area contributed by atoms with Crippen LogP contribution in [-0.4, -0.2) is 24.0 Å². The lowest BCUT2D eigenvalue weighted by Gasteiger charge is -2.03. The number of carbonyl (C=O) groups is 2. The molecule has 1 aromatic heterocycles. The highest BCUT2D eigenvalue weighted by atomic mass is 16.3. The zero-order chi connectivity index (χ0) is 9.68. The fraction of sp³-hybridized carbons (Fsp3) is 0.167. The van der Waals surface area contributed by atoms with Crippen LogP contribution in [-0.2, 0) is 0 Å². The van der Waals surface area contributed by atoms with E-state index in [4.69, 9.17) is 0 Å². The molecule has 0 unspecified atom stereocenters. The normalized spacial score (nSPS) is 9.00. The van der Waals surface area contributed by atoms with Crippen LogP contribution in [0.15, 0.2) is 17.1 Å². The van der Waals surface area contributed by atoms with E-state index in [0.29, 0.717) is 0 Å². The van der Waals surface area contributed by atoms with Crippen LogP contribution in [0.5, 0.6) is 0 Å². The number of hydrogen-bond donors (Lipinski definition) is 3. The molecule has 3 N–H and O–H groups in total. The molecule has 0 saturated carbocycles. The van der Waals surface area contributed by atoms with Crippen molar-refractivity contribution < 1.29 is 14.0 Å². The fourth-order valence-electron chi connectivity index (χ4n) is 0.565. The van der Waals surface area contributed by atoms with Crippen LogP contribution in [0.1, 0.15) is 10.5 Å². The number of aromatic nitrogens is 1. The second kappa shape index (κ2) is 4.10. The molecule has 0 atom stereocenters. The first kappa shape index (κ1) is 9.04. The molecular formula is C6H8N4O3. The van der Waals surface area contributed by atoms with Crippen molar-refractivity contribution in [3.8, 4) is 0 Å². The van der Waals surface area contributed by atoms with Gasteiger partial charge in [-0.2, -0.15) is 0 Å². The second-order valence-electron chi connectivity index (χ2n) is 2.03. The highest BCUT2D eigenvalue weighted by Gasteiger charge is 2.08. The Labute approximate surface area is 73.5 Å². The van der Waals surface area contributed by atoms with Crippen molar-refractivity contribution in [1.29, 1.82) is 0 Å². The molecule has 13 heavy (non-hydrogen) atoms. The molecule has 7 nitrogen and oxygen atoms in total. The number of oxazole rings is 1. The van der Waals surface area contributed by atoms with E-state index >= 15 is 0 Å². The molecule has 0 aliphatic heterocycles. The minimum Gasteiger partial charge on any atom is -0.451 e. The maximum Gasteiger partial charge on any atom is 0.333 e. The Morgan fingerprint density at radius 1 is 1.46 bits per heavy atom. The van der Waals surface area contributed by atoms with Crippen LogP contribution >= 0.6 is 0 Å². The highest BCUT2D eigenvalue weighted by molar-refractivity contribution is 5.93. The smallest absolute Gasteiger partial charge is 0.333 e. The van der Waals surface area contributed by atoms with Crippen LogP contribution < -0.4 is 16.2 Å². The number of nitrogens with zero attached hydrogens (tertiary/aromatic N) is 1. The van der Waals surface area contributed by atoms with Gasteiger partial charge in [0.25, 0.3) is 5.91 Å². The summed E-state index contributed by atoms with van der Waals surface area (Å²) in [6, 6.07) is -0.517. The van der Waals surface area contributed by atoms with E-state index in [1.807, 2.05) is 0 Å². The van der Waals surface area contributed by atoms with Crippen LogP contribution in [0.25, 0.3) is 0 Å². The molecule has 0 aromatic carbocycles. The molecule has 0 spiro atoms. The zero-order valence-corrected chi connectivity index (χ0v) is 6.83. The monoisotopic (exact) mass is 184 g/mol. The standard InChI is InChI=1S/C6H8N4O3/c1-7-6(12)10-9-5(11)4-2-13-3-8-4/h2-3H,1H3,(H,9,11)(H2,7,10,12). The Morgan fingerprint density at radius 2 is 2.23 bits per heavy atom. The summed E-state index contributed by atoms with van der Waals surface area (Å²) in [5, 5.41) is 2.26. The third kappa shape index (κ3) is 2.47. The zero-order valence-electron chi connectivity index (χ0n) is 6.83. The van der Waals surface area contributed by atoms with Crippen molar-refractivity contribution in [3.63, 3.8) is 0 Å². The molecule has 1 heterocycles. The summed E-state index contributed by atoms with van der Waals surface area (Å²) in [4.78, 5) is 25.2. The van der Waals surface area contributed by atoms with Gasteiger partial charge in [0.05, 0.1) is 0 Å². The minimum atomic E-state index is -0.544. The Hall–Kier alpha value is -2.05. The summed E-state index contributed by atoms with van der Waals surface area (Å²) in [5.74, 6) is -0.544. The molecule has 0 saturated heterocycles. The summed E-state index contributed by atoms with van der Waals surface area (Å²) in [6.07, 6.45) is 2.29.